The van der Waals surface area contributed by atoms with Crippen molar-refractivity contribution in [3.63, 3.8) is 0 Å². The molecular weight excluding hydrogens is 443 g/mol. The van der Waals surface area contributed by atoms with E-state index in [1.165, 1.54) is 51.1 Å². The fraction of sp³-hybridized carbons (Fsp3) is 0.200. The summed E-state index contributed by atoms with van der Waals surface area (Å²) in [6, 6.07) is 4.29. The van der Waals surface area contributed by atoms with Crippen LogP contribution in [0, 0.1) is 19.7 Å². The van der Waals surface area contributed by atoms with Gasteiger partial charge in [-0.3, -0.25) is 14.2 Å². The normalized spacial score (nSPS) is 11.3. The van der Waals surface area contributed by atoms with Crippen LogP contribution >= 0.6 is 34.4 Å². The zero-order valence-electron chi connectivity index (χ0n) is 16.2. The first-order valence-electron chi connectivity index (χ1n) is 8.97. The zero-order valence-corrected chi connectivity index (χ0v) is 18.6. The molecule has 0 aliphatic rings. The number of benzene rings is 1. The Kier molecular flexibility index (Phi) is 5.72. The van der Waals surface area contributed by atoms with Crippen LogP contribution in [-0.2, 0) is 11.3 Å². The molecule has 0 atom stereocenters. The van der Waals surface area contributed by atoms with Crippen molar-refractivity contribution >= 4 is 65.9 Å². The number of nitrogens with one attached hydrogen (secondary N) is 1. The lowest BCUT2D eigenvalue weighted by Crippen LogP contribution is -2.23. The molecule has 0 fully saturated rings. The van der Waals surface area contributed by atoms with Crippen molar-refractivity contribution < 1.29 is 9.18 Å². The van der Waals surface area contributed by atoms with Crippen LogP contribution in [0.4, 0.5) is 9.52 Å². The van der Waals surface area contributed by atoms with E-state index >= 15 is 0 Å². The standard InChI is InChI=1S/C20H17FN4O2S3/c1-4-7-25-18(27)16-10(2)11(3)29-17(16)24-20(25)28-9-15(26)23-19-22-13-6-5-12(21)8-14(13)30-19/h4-6,8H,1,7,9H2,2-3H3,(H,22,23,26). The highest BCUT2D eigenvalue weighted by Crippen LogP contribution is 2.29. The summed E-state index contributed by atoms with van der Waals surface area (Å²) in [5.74, 6) is -0.569. The van der Waals surface area contributed by atoms with Crippen LogP contribution in [0.1, 0.15) is 10.4 Å². The van der Waals surface area contributed by atoms with Gasteiger partial charge in [0.25, 0.3) is 5.56 Å². The van der Waals surface area contributed by atoms with Gasteiger partial charge in [0.2, 0.25) is 5.91 Å². The lowest BCUT2D eigenvalue weighted by atomic mass is 10.2. The Labute approximate surface area is 183 Å². The Morgan fingerprint density at radius 3 is 2.90 bits per heavy atom. The minimum Gasteiger partial charge on any atom is -0.301 e. The van der Waals surface area contributed by atoms with E-state index in [9.17, 15) is 14.0 Å². The number of aryl methyl sites for hydroxylation is 2. The third-order valence-electron chi connectivity index (χ3n) is 4.49. The van der Waals surface area contributed by atoms with Crippen molar-refractivity contribution in [3.05, 3.63) is 57.5 Å². The molecule has 0 saturated carbocycles. The predicted octanol–water partition coefficient (Wildman–Crippen LogP) is 4.74. The Morgan fingerprint density at radius 2 is 2.13 bits per heavy atom. The molecule has 1 N–H and O–H groups in total. The van der Waals surface area contributed by atoms with Crippen LogP contribution in [0.25, 0.3) is 20.4 Å². The molecule has 1 amide bonds. The van der Waals surface area contributed by atoms with Crippen molar-refractivity contribution in [2.75, 3.05) is 11.1 Å². The van der Waals surface area contributed by atoms with Crippen molar-refractivity contribution in [2.24, 2.45) is 0 Å². The van der Waals surface area contributed by atoms with Crippen LogP contribution in [0.15, 0.2) is 40.8 Å². The zero-order chi connectivity index (χ0) is 21.4. The molecule has 6 nitrogen and oxygen atoms in total. The number of thiazole rings is 1. The average Bonchev–Trinajstić information content (AvgIpc) is 3.22. The minimum absolute atomic E-state index is 0.0582. The van der Waals surface area contributed by atoms with Gasteiger partial charge in [0.05, 0.1) is 21.4 Å². The number of allylic oxidation sites excluding steroid dienone is 1. The third kappa shape index (κ3) is 3.90. The van der Waals surface area contributed by atoms with Gasteiger partial charge >= 0.3 is 0 Å². The van der Waals surface area contributed by atoms with E-state index in [2.05, 4.69) is 21.9 Å². The molecule has 0 aliphatic heterocycles. The number of nitrogens with zero attached hydrogens (tertiary/aromatic N) is 3. The van der Waals surface area contributed by atoms with E-state index in [0.29, 0.717) is 37.3 Å². The van der Waals surface area contributed by atoms with Gasteiger partial charge in [-0.25, -0.2) is 14.4 Å². The summed E-state index contributed by atoms with van der Waals surface area (Å²) in [6.07, 6.45) is 1.63. The Balaban J connectivity index is 1.55. The van der Waals surface area contributed by atoms with E-state index < -0.39 is 0 Å². The highest BCUT2D eigenvalue weighted by molar-refractivity contribution is 7.99. The number of thiophene rings is 1. The van der Waals surface area contributed by atoms with Gasteiger partial charge in [0.1, 0.15) is 10.6 Å². The maximum atomic E-state index is 13.3. The van der Waals surface area contributed by atoms with Crippen LogP contribution < -0.4 is 10.9 Å². The van der Waals surface area contributed by atoms with Crippen LogP contribution in [-0.4, -0.2) is 26.2 Å². The second-order valence-electron chi connectivity index (χ2n) is 6.53. The number of rotatable bonds is 6. The van der Waals surface area contributed by atoms with E-state index in [0.717, 1.165) is 10.4 Å². The summed E-state index contributed by atoms with van der Waals surface area (Å²) in [5, 5.41) is 4.22. The Hall–Kier alpha value is -2.56. The lowest BCUT2D eigenvalue weighted by Gasteiger charge is -2.10. The number of fused-ring (bicyclic) bond motifs is 2. The van der Waals surface area contributed by atoms with E-state index in [1.807, 2.05) is 13.8 Å². The van der Waals surface area contributed by atoms with Gasteiger partial charge in [-0.05, 0) is 37.6 Å². The second kappa shape index (κ2) is 8.29. The highest BCUT2D eigenvalue weighted by Gasteiger charge is 2.17. The van der Waals surface area contributed by atoms with Gasteiger partial charge in [-0.1, -0.05) is 29.2 Å². The van der Waals surface area contributed by atoms with Crippen LogP contribution in [0.3, 0.4) is 0 Å². The van der Waals surface area contributed by atoms with Crippen molar-refractivity contribution in [3.8, 4) is 0 Å². The molecule has 30 heavy (non-hydrogen) atoms. The first-order chi connectivity index (χ1) is 14.4. The molecule has 3 heterocycles. The largest absolute Gasteiger partial charge is 0.301 e. The monoisotopic (exact) mass is 460 g/mol. The molecular formula is C20H17FN4O2S3. The maximum Gasteiger partial charge on any atom is 0.263 e. The molecule has 154 valence electrons. The number of halogens is 1. The molecule has 0 unspecified atom stereocenters. The van der Waals surface area contributed by atoms with Crippen molar-refractivity contribution in [2.45, 2.75) is 25.5 Å². The number of hydrogen-bond donors (Lipinski definition) is 1. The number of hydrogen-bond acceptors (Lipinski definition) is 7. The van der Waals surface area contributed by atoms with Gasteiger partial charge in [0.15, 0.2) is 10.3 Å². The van der Waals surface area contributed by atoms with Gasteiger partial charge < -0.3 is 5.32 Å². The van der Waals surface area contributed by atoms with Gasteiger partial charge in [-0.15, -0.1) is 17.9 Å². The molecule has 4 rings (SSSR count). The number of carbonyl (C=O) groups is 1. The molecule has 10 heteroatoms. The van der Waals surface area contributed by atoms with Crippen LogP contribution in [0.2, 0.25) is 0 Å². The second-order valence-corrected chi connectivity index (χ2v) is 9.71. The van der Waals surface area contributed by atoms with Crippen molar-refractivity contribution in [1.82, 2.24) is 14.5 Å². The summed E-state index contributed by atoms with van der Waals surface area (Å²) in [4.78, 5) is 36.0. The number of aromatic nitrogens is 3. The van der Waals surface area contributed by atoms with E-state index in [-0.39, 0.29) is 23.0 Å². The molecule has 1 aromatic carbocycles. The average molecular weight is 461 g/mol. The summed E-state index contributed by atoms with van der Waals surface area (Å²) in [5.41, 5.74) is 1.43. The summed E-state index contributed by atoms with van der Waals surface area (Å²) in [6.45, 7) is 7.90. The Morgan fingerprint density at radius 1 is 1.33 bits per heavy atom. The lowest BCUT2D eigenvalue weighted by molar-refractivity contribution is -0.113. The number of amides is 1. The highest BCUT2D eigenvalue weighted by atomic mass is 32.2. The smallest absolute Gasteiger partial charge is 0.263 e. The topological polar surface area (TPSA) is 76.9 Å². The fourth-order valence-corrected chi connectivity index (χ4v) is 5.73. The summed E-state index contributed by atoms with van der Waals surface area (Å²) >= 11 is 3.86. The molecule has 4 aromatic rings. The third-order valence-corrected chi connectivity index (χ3v) is 7.51. The van der Waals surface area contributed by atoms with E-state index in [4.69, 9.17) is 0 Å². The number of carbonyl (C=O) groups excluding carboxylic acids is 1. The molecule has 3 aromatic heterocycles. The summed E-state index contributed by atoms with van der Waals surface area (Å²) < 4.78 is 15.5. The maximum absolute atomic E-state index is 13.3. The van der Waals surface area contributed by atoms with Gasteiger partial charge in [-0.2, -0.15) is 0 Å². The summed E-state index contributed by atoms with van der Waals surface area (Å²) in [7, 11) is 0. The number of anilines is 1. The molecule has 0 saturated heterocycles. The first-order valence-corrected chi connectivity index (χ1v) is 11.6. The first kappa shape index (κ1) is 20.7. The molecule has 0 aliphatic carbocycles. The Bertz CT molecular complexity index is 1360. The molecule has 0 radical (unpaired) electrons. The predicted molar refractivity (Wildman–Crippen MR) is 122 cm³/mol. The minimum atomic E-state index is -0.347. The SMILES string of the molecule is C=CCn1c(SCC(=O)Nc2nc3ccc(F)cc3s2)nc2sc(C)c(C)c2c1=O. The fourth-order valence-electron chi connectivity index (χ4n) is 2.95. The van der Waals surface area contributed by atoms with E-state index in [1.54, 1.807) is 12.1 Å². The molecule has 0 bridgehead atoms. The number of thioether (sulfide) groups is 1. The van der Waals surface area contributed by atoms with Crippen molar-refractivity contribution in [1.29, 1.82) is 0 Å². The van der Waals surface area contributed by atoms with Gasteiger partial charge in [0, 0.05) is 11.4 Å². The van der Waals surface area contributed by atoms with Crippen LogP contribution in [0.5, 0.6) is 0 Å². The quantitative estimate of drug-likeness (QED) is 0.255. The molecule has 0 spiro atoms.